The van der Waals surface area contributed by atoms with Crippen LogP contribution in [-0.2, 0) is 5.66 Å². The summed E-state index contributed by atoms with van der Waals surface area (Å²) in [6.07, 6.45) is -3.70. The van der Waals surface area contributed by atoms with Gasteiger partial charge in [-0.2, -0.15) is 13.2 Å². The van der Waals surface area contributed by atoms with Crippen molar-refractivity contribution in [3.05, 3.63) is 35.4 Å². The van der Waals surface area contributed by atoms with Gasteiger partial charge in [-0.3, -0.25) is 4.79 Å². The van der Waals surface area contributed by atoms with Gasteiger partial charge in [-0.05, 0) is 24.5 Å². The van der Waals surface area contributed by atoms with E-state index in [0.29, 0.717) is 18.0 Å². The zero-order chi connectivity index (χ0) is 15.7. The molecule has 21 heavy (non-hydrogen) atoms. The van der Waals surface area contributed by atoms with Crippen molar-refractivity contribution in [1.29, 1.82) is 0 Å². The van der Waals surface area contributed by atoms with Gasteiger partial charge in [0.15, 0.2) is 0 Å². The minimum absolute atomic E-state index is 0.0752. The molecule has 1 amide bonds. The predicted molar refractivity (Wildman–Crippen MR) is 70.8 cm³/mol. The van der Waals surface area contributed by atoms with Gasteiger partial charge >= 0.3 is 11.8 Å². The van der Waals surface area contributed by atoms with Crippen LogP contribution in [0.25, 0.3) is 0 Å². The molecule has 0 spiro atoms. The number of nitrogens with zero attached hydrogens (tertiary/aromatic N) is 2. The summed E-state index contributed by atoms with van der Waals surface area (Å²) in [7, 11) is 0. The van der Waals surface area contributed by atoms with Crippen LogP contribution in [0.4, 0.5) is 13.2 Å². The largest absolute Gasteiger partial charge is 0.442 e. The Labute approximate surface area is 120 Å². The third-order valence-electron chi connectivity index (χ3n) is 3.25. The molecule has 2 rings (SSSR count). The van der Waals surface area contributed by atoms with Crippen molar-refractivity contribution in [2.24, 2.45) is 16.1 Å². The Morgan fingerprint density at radius 1 is 1.24 bits per heavy atom. The van der Waals surface area contributed by atoms with Gasteiger partial charge in [0.05, 0.1) is 0 Å². The molecule has 0 fully saturated rings. The van der Waals surface area contributed by atoms with E-state index in [9.17, 15) is 18.0 Å². The molecule has 0 unspecified atom stereocenters. The van der Waals surface area contributed by atoms with Gasteiger partial charge in [-0.15, -0.1) is 10.2 Å². The fraction of sp³-hybridized carbons (Fsp3) is 0.500. The highest BCUT2D eigenvalue weighted by molar-refractivity contribution is 5.94. The second-order valence-corrected chi connectivity index (χ2v) is 5.39. The smallest absolute Gasteiger partial charge is 0.352 e. The van der Waals surface area contributed by atoms with E-state index in [4.69, 9.17) is 0 Å². The lowest BCUT2D eigenvalue weighted by molar-refractivity contribution is -0.166. The van der Waals surface area contributed by atoms with Crippen molar-refractivity contribution >= 4 is 5.91 Å². The summed E-state index contributed by atoms with van der Waals surface area (Å²) >= 11 is 0. The Morgan fingerprint density at radius 3 is 2.24 bits per heavy atom. The fourth-order valence-corrected chi connectivity index (χ4v) is 1.87. The summed E-state index contributed by atoms with van der Waals surface area (Å²) in [5.74, 6) is 0.172. The summed E-state index contributed by atoms with van der Waals surface area (Å²) in [6.45, 7) is 4.62. The van der Waals surface area contributed by atoms with Crippen molar-refractivity contribution in [2.45, 2.75) is 32.1 Å². The molecule has 1 aromatic rings. The van der Waals surface area contributed by atoms with Crippen LogP contribution in [0, 0.1) is 5.92 Å². The SMILES string of the molecule is CC(C)CCNC(=O)c1ccc(C2(C(F)(F)F)N=N2)cc1. The minimum atomic E-state index is -4.55. The van der Waals surface area contributed by atoms with E-state index in [0.717, 1.165) is 6.42 Å². The van der Waals surface area contributed by atoms with E-state index < -0.39 is 11.8 Å². The molecule has 1 N–H and O–H groups in total. The van der Waals surface area contributed by atoms with Crippen LogP contribution < -0.4 is 5.32 Å². The number of rotatable bonds is 5. The molecule has 0 aliphatic carbocycles. The zero-order valence-corrected chi connectivity index (χ0v) is 11.7. The third kappa shape index (κ3) is 3.22. The summed E-state index contributed by atoms with van der Waals surface area (Å²) in [4.78, 5) is 11.8. The highest BCUT2D eigenvalue weighted by atomic mass is 19.4. The first kappa shape index (κ1) is 15.5. The Hall–Kier alpha value is -1.92. The number of nitrogens with one attached hydrogen (secondary N) is 1. The molecule has 0 saturated carbocycles. The van der Waals surface area contributed by atoms with E-state index in [1.165, 1.54) is 24.3 Å². The van der Waals surface area contributed by atoms with Gasteiger partial charge in [-0.25, -0.2) is 0 Å². The molecule has 0 radical (unpaired) electrons. The highest BCUT2D eigenvalue weighted by Crippen LogP contribution is 2.52. The summed E-state index contributed by atoms with van der Waals surface area (Å²) < 4.78 is 38.4. The van der Waals surface area contributed by atoms with Crippen molar-refractivity contribution in [3.8, 4) is 0 Å². The number of hydrogen-bond donors (Lipinski definition) is 1. The zero-order valence-electron chi connectivity index (χ0n) is 11.7. The van der Waals surface area contributed by atoms with Crippen molar-refractivity contribution in [1.82, 2.24) is 5.32 Å². The van der Waals surface area contributed by atoms with E-state index in [1.54, 1.807) is 0 Å². The van der Waals surface area contributed by atoms with Gasteiger partial charge in [-0.1, -0.05) is 26.0 Å². The average Bonchev–Trinajstić information content (AvgIpc) is 3.19. The molecule has 1 aromatic carbocycles. The van der Waals surface area contributed by atoms with Crippen LogP contribution in [0.5, 0.6) is 0 Å². The predicted octanol–water partition coefficient (Wildman–Crippen LogP) is 3.64. The van der Waals surface area contributed by atoms with Gasteiger partial charge in [0.25, 0.3) is 5.91 Å². The lowest BCUT2D eigenvalue weighted by Gasteiger charge is -2.15. The van der Waals surface area contributed by atoms with Crippen LogP contribution >= 0.6 is 0 Å². The minimum Gasteiger partial charge on any atom is -0.352 e. The molecule has 7 heteroatoms. The van der Waals surface area contributed by atoms with Crippen LogP contribution in [0.3, 0.4) is 0 Å². The topological polar surface area (TPSA) is 53.8 Å². The van der Waals surface area contributed by atoms with E-state index >= 15 is 0 Å². The second kappa shape index (κ2) is 5.46. The van der Waals surface area contributed by atoms with Crippen molar-refractivity contribution in [2.75, 3.05) is 6.54 Å². The fourth-order valence-electron chi connectivity index (χ4n) is 1.87. The van der Waals surface area contributed by atoms with Crippen molar-refractivity contribution < 1.29 is 18.0 Å². The number of benzene rings is 1. The first-order chi connectivity index (χ1) is 9.76. The number of carbonyl (C=O) groups excluding carboxylic acids is 1. The molecular formula is C14H16F3N3O. The summed E-state index contributed by atoms with van der Waals surface area (Å²) in [5, 5.41) is 8.96. The number of alkyl halides is 3. The number of halogens is 3. The van der Waals surface area contributed by atoms with Gasteiger partial charge < -0.3 is 5.32 Å². The second-order valence-electron chi connectivity index (χ2n) is 5.39. The van der Waals surface area contributed by atoms with Gasteiger partial charge in [0.1, 0.15) is 0 Å². The Bertz CT molecular complexity index is 544. The number of hydrogen-bond acceptors (Lipinski definition) is 3. The molecule has 1 aliphatic heterocycles. The van der Waals surface area contributed by atoms with E-state index in [-0.39, 0.29) is 11.5 Å². The standard InChI is InChI=1S/C14H16F3N3O/c1-9(2)7-8-18-12(21)10-3-5-11(6-4-10)13(19-20-13)14(15,16)17/h3-6,9H,7-8H2,1-2H3,(H,18,21). The monoisotopic (exact) mass is 299 g/mol. The maximum absolute atomic E-state index is 12.8. The number of amides is 1. The van der Waals surface area contributed by atoms with Gasteiger partial charge in [0, 0.05) is 17.7 Å². The lowest BCUT2D eigenvalue weighted by Crippen LogP contribution is -2.30. The van der Waals surface area contributed by atoms with E-state index in [2.05, 4.69) is 15.5 Å². The molecule has 4 nitrogen and oxygen atoms in total. The van der Waals surface area contributed by atoms with Gasteiger partial charge in [0.2, 0.25) is 0 Å². The highest BCUT2D eigenvalue weighted by Gasteiger charge is 2.65. The summed E-state index contributed by atoms with van der Waals surface area (Å²) in [6, 6.07) is 5.20. The third-order valence-corrected chi connectivity index (χ3v) is 3.25. The van der Waals surface area contributed by atoms with E-state index in [1.807, 2.05) is 13.8 Å². The maximum atomic E-state index is 12.8. The first-order valence-corrected chi connectivity index (χ1v) is 6.66. The molecule has 1 aliphatic rings. The number of carbonyl (C=O) groups is 1. The quantitative estimate of drug-likeness (QED) is 0.886. The Morgan fingerprint density at radius 2 is 1.81 bits per heavy atom. The van der Waals surface area contributed by atoms with Crippen molar-refractivity contribution in [3.63, 3.8) is 0 Å². The lowest BCUT2D eigenvalue weighted by atomic mass is 10.0. The molecule has 0 atom stereocenters. The van der Waals surface area contributed by atoms with Crippen LogP contribution in [0.15, 0.2) is 34.5 Å². The summed E-state index contributed by atoms with van der Waals surface area (Å²) in [5.41, 5.74) is -2.19. The maximum Gasteiger partial charge on any atom is 0.442 e. The Balaban J connectivity index is 2.01. The molecule has 0 saturated heterocycles. The van der Waals surface area contributed by atoms with Crippen LogP contribution in [0.2, 0.25) is 0 Å². The first-order valence-electron chi connectivity index (χ1n) is 6.66. The molecule has 114 valence electrons. The molecule has 1 heterocycles. The van der Waals surface area contributed by atoms with Crippen LogP contribution in [-0.4, -0.2) is 18.6 Å². The normalized spacial score (nSPS) is 16.1. The average molecular weight is 299 g/mol. The van der Waals surface area contributed by atoms with Crippen LogP contribution in [0.1, 0.15) is 36.2 Å². The Kier molecular flexibility index (Phi) is 4.02. The molecule has 0 bridgehead atoms. The molecular weight excluding hydrogens is 283 g/mol. The molecule has 0 aromatic heterocycles.